The van der Waals surface area contributed by atoms with E-state index in [1.54, 1.807) is 28.0 Å². The second-order valence-corrected chi connectivity index (χ2v) is 6.18. The summed E-state index contributed by atoms with van der Waals surface area (Å²) in [5.74, 6) is -0.239. The maximum absolute atomic E-state index is 13.6. The van der Waals surface area contributed by atoms with E-state index >= 15 is 0 Å². The van der Waals surface area contributed by atoms with E-state index in [0.717, 1.165) is 12.8 Å². The second kappa shape index (κ2) is 6.98. The number of carbonyl (C=O) groups excluding carboxylic acids is 2. The number of amides is 3. The number of rotatable bonds is 4. The maximum atomic E-state index is 13.6. The molecule has 23 heavy (non-hydrogen) atoms. The van der Waals surface area contributed by atoms with Crippen molar-refractivity contribution >= 4 is 11.9 Å². The Bertz CT molecular complexity index is 581. The molecule has 1 aliphatic heterocycles. The molecule has 3 rings (SSSR count). The van der Waals surface area contributed by atoms with Gasteiger partial charge in [-0.05, 0) is 30.9 Å². The molecule has 0 unspecified atom stereocenters. The van der Waals surface area contributed by atoms with E-state index in [-0.39, 0.29) is 17.8 Å². The van der Waals surface area contributed by atoms with Gasteiger partial charge in [0.25, 0.3) is 0 Å². The molecule has 5 nitrogen and oxygen atoms in total. The van der Waals surface area contributed by atoms with Crippen molar-refractivity contribution in [2.45, 2.75) is 31.7 Å². The molecular weight excluding hydrogens is 297 g/mol. The van der Waals surface area contributed by atoms with Crippen molar-refractivity contribution in [3.05, 3.63) is 35.6 Å². The number of piperazine rings is 1. The SMILES string of the molecule is O=C(CCc1ccccc1F)N1CCN(C(=O)NC2CC2)CC1. The Labute approximate surface area is 135 Å². The fraction of sp³-hybridized carbons (Fsp3) is 0.529. The molecule has 1 aromatic carbocycles. The number of carbonyl (C=O) groups is 2. The molecule has 0 atom stereocenters. The number of hydrogen-bond donors (Lipinski definition) is 1. The van der Waals surface area contributed by atoms with E-state index in [1.165, 1.54) is 6.07 Å². The van der Waals surface area contributed by atoms with Crippen molar-refractivity contribution in [3.8, 4) is 0 Å². The lowest BCUT2D eigenvalue weighted by Crippen LogP contribution is -2.53. The summed E-state index contributed by atoms with van der Waals surface area (Å²) in [6, 6.07) is 6.88. The lowest BCUT2D eigenvalue weighted by atomic mass is 10.1. The summed E-state index contributed by atoms with van der Waals surface area (Å²) in [7, 11) is 0. The smallest absolute Gasteiger partial charge is 0.317 e. The molecule has 2 fully saturated rings. The summed E-state index contributed by atoms with van der Waals surface area (Å²) in [5, 5.41) is 2.96. The average Bonchev–Trinajstić information content (AvgIpc) is 3.38. The molecule has 3 amide bonds. The number of halogens is 1. The molecule has 1 heterocycles. The van der Waals surface area contributed by atoms with Crippen molar-refractivity contribution in [1.29, 1.82) is 0 Å². The Morgan fingerprint density at radius 1 is 1.09 bits per heavy atom. The zero-order valence-electron chi connectivity index (χ0n) is 13.1. The van der Waals surface area contributed by atoms with Crippen LogP contribution in [-0.2, 0) is 11.2 Å². The van der Waals surface area contributed by atoms with Crippen LogP contribution in [0, 0.1) is 5.82 Å². The van der Waals surface area contributed by atoms with Crippen LogP contribution in [0.1, 0.15) is 24.8 Å². The van der Waals surface area contributed by atoms with Gasteiger partial charge >= 0.3 is 6.03 Å². The summed E-state index contributed by atoms with van der Waals surface area (Å²) in [5.41, 5.74) is 0.572. The van der Waals surface area contributed by atoms with Crippen LogP contribution in [-0.4, -0.2) is 54.0 Å². The van der Waals surface area contributed by atoms with Gasteiger partial charge in [-0.3, -0.25) is 4.79 Å². The molecule has 1 aromatic rings. The normalized spacial score (nSPS) is 18.0. The standard InChI is InChI=1S/C17H22FN3O2/c18-15-4-2-1-3-13(15)5-8-16(22)20-9-11-21(12-10-20)17(23)19-14-6-7-14/h1-4,14H,5-12H2,(H,19,23). The van der Waals surface area contributed by atoms with E-state index in [4.69, 9.17) is 0 Å². The highest BCUT2D eigenvalue weighted by Crippen LogP contribution is 2.19. The van der Waals surface area contributed by atoms with Crippen LogP contribution >= 0.6 is 0 Å². The minimum absolute atomic E-state index is 0.0223. The monoisotopic (exact) mass is 319 g/mol. The van der Waals surface area contributed by atoms with Crippen molar-refractivity contribution in [3.63, 3.8) is 0 Å². The molecule has 1 saturated heterocycles. The first kappa shape index (κ1) is 15.8. The minimum atomic E-state index is -0.262. The predicted octanol–water partition coefficient (Wildman–Crippen LogP) is 1.77. The van der Waals surface area contributed by atoms with Gasteiger partial charge in [0.2, 0.25) is 5.91 Å². The molecule has 0 aromatic heterocycles. The lowest BCUT2D eigenvalue weighted by Gasteiger charge is -2.34. The quantitative estimate of drug-likeness (QED) is 0.920. The van der Waals surface area contributed by atoms with E-state index < -0.39 is 0 Å². The molecule has 0 radical (unpaired) electrons. The van der Waals surface area contributed by atoms with Gasteiger partial charge in [-0.1, -0.05) is 18.2 Å². The van der Waals surface area contributed by atoms with Crippen molar-refractivity contribution in [2.24, 2.45) is 0 Å². The zero-order chi connectivity index (χ0) is 16.2. The van der Waals surface area contributed by atoms with Crippen LogP contribution in [0.4, 0.5) is 9.18 Å². The van der Waals surface area contributed by atoms with E-state index in [1.807, 2.05) is 0 Å². The highest BCUT2D eigenvalue weighted by Gasteiger charge is 2.28. The number of urea groups is 1. The summed E-state index contributed by atoms with van der Waals surface area (Å²) in [4.78, 5) is 27.7. The summed E-state index contributed by atoms with van der Waals surface area (Å²) < 4.78 is 13.6. The summed E-state index contributed by atoms with van der Waals surface area (Å²) in [6.07, 6.45) is 2.85. The van der Waals surface area contributed by atoms with Gasteiger partial charge in [-0.15, -0.1) is 0 Å². The highest BCUT2D eigenvalue weighted by atomic mass is 19.1. The van der Waals surface area contributed by atoms with Gasteiger partial charge in [-0.25, -0.2) is 9.18 Å². The Hall–Kier alpha value is -2.11. The number of hydrogen-bond acceptors (Lipinski definition) is 2. The van der Waals surface area contributed by atoms with Gasteiger partial charge in [0.1, 0.15) is 5.82 Å². The van der Waals surface area contributed by atoms with Gasteiger partial charge < -0.3 is 15.1 Å². The molecule has 2 aliphatic rings. The Balaban J connectivity index is 1.42. The number of nitrogens with zero attached hydrogens (tertiary/aromatic N) is 2. The van der Waals surface area contributed by atoms with Gasteiger partial charge in [0, 0.05) is 38.6 Å². The average molecular weight is 319 g/mol. The first-order chi connectivity index (χ1) is 11.1. The van der Waals surface area contributed by atoms with Crippen LogP contribution in [0.15, 0.2) is 24.3 Å². The third-order valence-corrected chi connectivity index (χ3v) is 4.39. The van der Waals surface area contributed by atoms with Gasteiger partial charge in [0.15, 0.2) is 0 Å². The van der Waals surface area contributed by atoms with Crippen molar-refractivity contribution < 1.29 is 14.0 Å². The molecule has 0 bridgehead atoms. The molecule has 1 N–H and O–H groups in total. The first-order valence-electron chi connectivity index (χ1n) is 8.20. The molecule has 1 aliphatic carbocycles. The highest BCUT2D eigenvalue weighted by molar-refractivity contribution is 5.78. The number of benzene rings is 1. The molecule has 0 spiro atoms. The van der Waals surface area contributed by atoms with Crippen LogP contribution in [0.5, 0.6) is 0 Å². The Kier molecular flexibility index (Phi) is 4.79. The Morgan fingerprint density at radius 2 is 1.74 bits per heavy atom. The minimum Gasteiger partial charge on any atom is -0.339 e. The van der Waals surface area contributed by atoms with Gasteiger partial charge in [-0.2, -0.15) is 0 Å². The Morgan fingerprint density at radius 3 is 2.39 bits per heavy atom. The fourth-order valence-corrected chi connectivity index (χ4v) is 2.75. The number of aryl methyl sites for hydroxylation is 1. The third-order valence-electron chi connectivity index (χ3n) is 4.39. The summed E-state index contributed by atoms with van der Waals surface area (Å²) in [6.45, 7) is 2.22. The third kappa shape index (κ3) is 4.21. The molecule has 1 saturated carbocycles. The molecule has 124 valence electrons. The second-order valence-electron chi connectivity index (χ2n) is 6.18. The van der Waals surface area contributed by atoms with Crippen molar-refractivity contribution in [2.75, 3.05) is 26.2 Å². The topological polar surface area (TPSA) is 52.7 Å². The predicted molar refractivity (Wildman–Crippen MR) is 84.4 cm³/mol. The molecular formula is C17H22FN3O2. The first-order valence-corrected chi connectivity index (χ1v) is 8.20. The van der Waals surface area contributed by atoms with E-state index in [2.05, 4.69) is 5.32 Å². The van der Waals surface area contributed by atoms with E-state index in [9.17, 15) is 14.0 Å². The fourth-order valence-electron chi connectivity index (χ4n) is 2.75. The zero-order valence-corrected chi connectivity index (χ0v) is 13.1. The lowest BCUT2D eigenvalue weighted by molar-refractivity contribution is -0.132. The van der Waals surface area contributed by atoms with Crippen molar-refractivity contribution in [1.82, 2.24) is 15.1 Å². The molecule has 6 heteroatoms. The number of nitrogens with one attached hydrogen (secondary N) is 1. The van der Waals surface area contributed by atoms with E-state index in [0.29, 0.717) is 50.6 Å². The van der Waals surface area contributed by atoms with Crippen LogP contribution in [0.25, 0.3) is 0 Å². The van der Waals surface area contributed by atoms with Crippen LogP contribution < -0.4 is 5.32 Å². The summed E-state index contributed by atoms with van der Waals surface area (Å²) >= 11 is 0. The van der Waals surface area contributed by atoms with Crippen LogP contribution in [0.2, 0.25) is 0 Å². The largest absolute Gasteiger partial charge is 0.339 e. The van der Waals surface area contributed by atoms with Gasteiger partial charge in [0.05, 0.1) is 0 Å². The maximum Gasteiger partial charge on any atom is 0.317 e. The van der Waals surface area contributed by atoms with Crippen LogP contribution in [0.3, 0.4) is 0 Å².